The third-order valence-electron chi connectivity index (χ3n) is 7.01. The Bertz CT molecular complexity index is 1060. The summed E-state index contributed by atoms with van der Waals surface area (Å²) in [5, 5.41) is 10.8. The lowest BCUT2D eigenvalue weighted by molar-refractivity contribution is -0.148. The van der Waals surface area contributed by atoms with E-state index >= 15 is 0 Å². The van der Waals surface area contributed by atoms with Gasteiger partial charge in [0.05, 0.1) is 14.2 Å². The number of nitrogens with zero attached hydrogens (tertiary/aromatic N) is 1. The summed E-state index contributed by atoms with van der Waals surface area (Å²) in [5.74, 6) is 1.15. The highest BCUT2D eigenvalue weighted by Gasteiger charge is 2.40. The summed E-state index contributed by atoms with van der Waals surface area (Å²) in [7, 11) is 3.26. The molecular formula is C26H29NO5. The molecule has 2 aromatic rings. The highest BCUT2D eigenvalue weighted by Crippen LogP contribution is 2.47. The number of methoxy groups -OCH3 is 2. The van der Waals surface area contributed by atoms with Gasteiger partial charge in [-0.3, -0.25) is 4.90 Å². The average molecular weight is 436 g/mol. The van der Waals surface area contributed by atoms with Crippen LogP contribution in [0.1, 0.15) is 49.3 Å². The second-order valence-electron chi connectivity index (χ2n) is 8.84. The number of phenols is 1. The molecular weight excluding hydrogens is 406 g/mol. The van der Waals surface area contributed by atoms with Crippen LogP contribution in [0.3, 0.4) is 0 Å². The molecule has 2 saturated heterocycles. The summed E-state index contributed by atoms with van der Waals surface area (Å²) in [5.41, 5.74) is 3.51. The number of hydrogen-bond donors (Lipinski definition) is 1. The van der Waals surface area contributed by atoms with Gasteiger partial charge in [0.15, 0.2) is 11.5 Å². The van der Waals surface area contributed by atoms with E-state index in [9.17, 15) is 9.90 Å². The molecule has 168 valence electrons. The lowest BCUT2D eigenvalue weighted by Gasteiger charge is -2.48. The van der Waals surface area contributed by atoms with Crippen molar-refractivity contribution < 1.29 is 24.1 Å². The molecule has 0 radical (unpaired) electrons. The zero-order valence-electron chi connectivity index (χ0n) is 18.5. The zero-order valence-corrected chi connectivity index (χ0v) is 18.5. The molecule has 6 nitrogen and oxygen atoms in total. The number of fused-ring (bicyclic) bond motifs is 9. The summed E-state index contributed by atoms with van der Waals surface area (Å²) in [6.45, 7) is 1.01. The van der Waals surface area contributed by atoms with Crippen molar-refractivity contribution in [2.45, 2.75) is 50.3 Å². The second kappa shape index (κ2) is 8.51. The van der Waals surface area contributed by atoms with Gasteiger partial charge in [0.2, 0.25) is 0 Å². The van der Waals surface area contributed by atoms with E-state index < -0.39 is 0 Å². The maximum atomic E-state index is 12.5. The Morgan fingerprint density at radius 2 is 1.81 bits per heavy atom. The number of benzene rings is 2. The van der Waals surface area contributed by atoms with Crippen LogP contribution in [0.2, 0.25) is 0 Å². The monoisotopic (exact) mass is 435 g/mol. The summed E-state index contributed by atoms with van der Waals surface area (Å²) in [4.78, 5) is 15.1. The molecule has 2 aromatic carbocycles. The highest BCUT2D eigenvalue weighted by molar-refractivity contribution is 5.88. The molecule has 0 aromatic heterocycles. The first-order valence-corrected chi connectivity index (χ1v) is 11.3. The van der Waals surface area contributed by atoms with Crippen LogP contribution in [-0.4, -0.2) is 48.9 Å². The number of hydrogen-bond acceptors (Lipinski definition) is 6. The predicted molar refractivity (Wildman–Crippen MR) is 122 cm³/mol. The molecule has 4 bridgehead atoms. The molecule has 1 N–H and O–H groups in total. The van der Waals surface area contributed by atoms with Crippen LogP contribution >= 0.6 is 0 Å². The average Bonchev–Trinajstić information content (AvgIpc) is 2.81. The molecule has 6 heteroatoms. The van der Waals surface area contributed by atoms with Crippen LogP contribution in [0, 0.1) is 0 Å². The van der Waals surface area contributed by atoms with Crippen LogP contribution in [-0.2, 0) is 9.53 Å². The molecule has 2 fully saturated rings. The van der Waals surface area contributed by atoms with E-state index in [4.69, 9.17) is 14.2 Å². The van der Waals surface area contributed by atoms with Gasteiger partial charge >= 0.3 is 5.97 Å². The van der Waals surface area contributed by atoms with Crippen molar-refractivity contribution in [3.05, 3.63) is 47.5 Å². The van der Waals surface area contributed by atoms with Crippen molar-refractivity contribution >= 4 is 12.0 Å². The number of piperidine rings is 2. The fourth-order valence-corrected chi connectivity index (χ4v) is 5.52. The van der Waals surface area contributed by atoms with Gasteiger partial charge in [-0.2, -0.15) is 0 Å². The van der Waals surface area contributed by atoms with Crippen molar-refractivity contribution in [1.82, 2.24) is 4.90 Å². The van der Waals surface area contributed by atoms with Crippen LogP contribution in [0.4, 0.5) is 0 Å². The topological polar surface area (TPSA) is 68.2 Å². The first kappa shape index (κ1) is 20.9. The molecule has 0 spiro atoms. The first-order valence-electron chi connectivity index (χ1n) is 11.3. The lowest BCUT2D eigenvalue weighted by Crippen LogP contribution is -2.49. The Labute approximate surface area is 188 Å². The van der Waals surface area contributed by atoms with Crippen LogP contribution in [0.25, 0.3) is 17.2 Å². The van der Waals surface area contributed by atoms with Crippen molar-refractivity contribution in [2.24, 2.45) is 0 Å². The largest absolute Gasteiger partial charge is 0.507 e. The Morgan fingerprint density at radius 1 is 1.00 bits per heavy atom. The third-order valence-corrected chi connectivity index (χ3v) is 7.01. The van der Waals surface area contributed by atoms with Crippen molar-refractivity contribution in [3.63, 3.8) is 0 Å². The van der Waals surface area contributed by atoms with Gasteiger partial charge in [0, 0.05) is 36.6 Å². The Balaban J connectivity index is 1.76. The number of carbonyl (C=O) groups excluding carboxylic acids is 1. The summed E-state index contributed by atoms with van der Waals surface area (Å²) in [6, 6.07) is 9.76. The molecule has 3 aliphatic heterocycles. The minimum Gasteiger partial charge on any atom is -0.507 e. The van der Waals surface area contributed by atoms with E-state index in [1.54, 1.807) is 32.4 Å². The predicted octanol–water partition coefficient (Wildman–Crippen LogP) is 4.70. The van der Waals surface area contributed by atoms with Crippen LogP contribution in [0.15, 0.2) is 36.4 Å². The highest BCUT2D eigenvalue weighted by atomic mass is 16.5. The normalized spacial score (nSPS) is 24.9. The number of esters is 1. The summed E-state index contributed by atoms with van der Waals surface area (Å²) < 4.78 is 17.2. The van der Waals surface area contributed by atoms with E-state index in [1.165, 1.54) is 12.5 Å². The Morgan fingerprint density at radius 3 is 2.62 bits per heavy atom. The molecule has 3 atom stereocenters. The molecule has 3 aliphatic rings. The van der Waals surface area contributed by atoms with E-state index in [0.717, 1.165) is 42.5 Å². The van der Waals surface area contributed by atoms with E-state index in [2.05, 4.69) is 4.90 Å². The molecule has 5 rings (SSSR count). The van der Waals surface area contributed by atoms with E-state index in [-0.39, 0.29) is 23.9 Å². The number of rotatable bonds is 2. The van der Waals surface area contributed by atoms with Crippen molar-refractivity contribution in [1.29, 1.82) is 0 Å². The maximum absolute atomic E-state index is 12.5. The number of phenolic OH excluding ortho intramolecular Hbond substituents is 1. The molecule has 3 heterocycles. The van der Waals surface area contributed by atoms with Gasteiger partial charge in [0.1, 0.15) is 11.9 Å². The molecule has 32 heavy (non-hydrogen) atoms. The molecule has 0 amide bonds. The number of aromatic hydroxyl groups is 1. The van der Waals surface area contributed by atoms with Gasteiger partial charge in [0.25, 0.3) is 0 Å². The Hall–Kier alpha value is -2.99. The van der Waals surface area contributed by atoms with Crippen molar-refractivity contribution in [2.75, 3.05) is 20.8 Å². The molecule has 0 aliphatic carbocycles. The molecule has 0 saturated carbocycles. The van der Waals surface area contributed by atoms with E-state index in [0.29, 0.717) is 29.5 Å². The van der Waals surface area contributed by atoms with Gasteiger partial charge in [-0.05, 0) is 66.4 Å². The van der Waals surface area contributed by atoms with Gasteiger partial charge in [-0.25, -0.2) is 4.79 Å². The SMILES string of the molecule is COc1cc2c(cc1OC)[C@H]1C[C@H](C[C@@H]3CCCCN31)OC(=O)C=Cc1ccc(O)c-2c1. The Kier molecular flexibility index (Phi) is 5.55. The first-order chi connectivity index (χ1) is 15.6. The second-order valence-corrected chi connectivity index (χ2v) is 8.84. The van der Waals surface area contributed by atoms with Gasteiger partial charge in [-0.15, -0.1) is 0 Å². The minimum atomic E-state index is -0.319. The summed E-state index contributed by atoms with van der Waals surface area (Å²) >= 11 is 0. The fourth-order valence-electron chi connectivity index (χ4n) is 5.52. The standard InChI is InChI=1S/C26H29NO5/c1-30-24-14-19-20(15-25(24)31-2)22-13-18(12-17-5-3-4-10-27(17)22)32-26(29)9-7-16-6-8-23(28)21(19)11-16/h6-9,11,14-15,17-18,22,28H,3-5,10,12-13H2,1-2H3/t17-,18-,22+/m0/s1. The summed E-state index contributed by atoms with van der Waals surface area (Å²) in [6.07, 6.45) is 8.08. The fraction of sp³-hybridized carbons (Fsp3) is 0.423. The van der Waals surface area contributed by atoms with Gasteiger partial charge < -0.3 is 19.3 Å². The minimum absolute atomic E-state index is 0.0492. The van der Waals surface area contributed by atoms with Crippen molar-refractivity contribution in [3.8, 4) is 28.4 Å². The lowest BCUT2D eigenvalue weighted by atomic mass is 9.81. The van der Waals surface area contributed by atoms with Crippen LogP contribution in [0.5, 0.6) is 17.2 Å². The number of carbonyl (C=O) groups is 1. The smallest absolute Gasteiger partial charge is 0.331 e. The molecule has 0 unspecified atom stereocenters. The van der Waals surface area contributed by atoms with Crippen LogP contribution < -0.4 is 9.47 Å². The number of ether oxygens (including phenoxy) is 3. The third kappa shape index (κ3) is 3.73. The quantitative estimate of drug-likeness (QED) is 0.690. The maximum Gasteiger partial charge on any atom is 0.331 e. The van der Waals surface area contributed by atoms with E-state index in [1.807, 2.05) is 18.2 Å². The van der Waals surface area contributed by atoms with Gasteiger partial charge in [-0.1, -0.05) is 12.5 Å². The zero-order chi connectivity index (χ0) is 22.2.